The molecule has 0 fully saturated rings. The lowest BCUT2D eigenvalue weighted by molar-refractivity contribution is -0.384. The number of thiazole rings is 1. The Bertz CT molecular complexity index is 961. The van der Waals surface area contributed by atoms with Crippen LogP contribution >= 0.6 is 11.3 Å². The van der Waals surface area contributed by atoms with Gasteiger partial charge in [0.05, 0.1) is 10.6 Å². The summed E-state index contributed by atoms with van der Waals surface area (Å²) in [5.74, 6) is 0. The Hall–Kier alpha value is -2.86. The molecular formula is C19H15N3O2S. The number of non-ortho nitro benzene ring substituents is 1. The lowest BCUT2D eigenvalue weighted by Crippen LogP contribution is -1.88. The van der Waals surface area contributed by atoms with Crippen molar-refractivity contribution in [2.75, 3.05) is 0 Å². The summed E-state index contributed by atoms with van der Waals surface area (Å²) in [5.41, 5.74) is 4.50. The molecule has 0 aliphatic heterocycles. The molecule has 25 heavy (non-hydrogen) atoms. The second-order valence-electron chi connectivity index (χ2n) is 5.89. The van der Waals surface area contributed by atoms with Crippen LogP contribution in [0, 0.1) is 10.1 Å². The van der Waals surface area contributed by atoms with E-state index in [9.17, 15) is 10.1 Å². The minimum Gasteiger partial charge on any atom is -0.258 e. The second-order valence-corrected chi connectivity index (χ2v) is 6.95. The van der Waals surface area contributed by atoms with Gasteiger partial charge in [0.15, 0.2) is 0 Å². The van der Waals surface area contributed by atoms with Crippen LogP contribution in [0.5, 0.6) is 0 Å². The van der Waals surface area contributed by atoms with Crippen molar-refractivity contribution in [1.82, 2.24) is 4.98 Å². The van der Waals surface area contributed by atoms with Crippen LogP contribution < -0.4 is 0 Å². The van der Waals surface area contributed by atoms with Crippen LogP contribution in [-0.2, 0) is 12.8 Å². The van der Waals surface area contributed by atoms with E-state index in [1.807, 2.05) is 6.07 Å². The van der Waals surface area contributed by atoms with Gasteiger partial charge >= 0.3 is 0 Å². The molecule has 0 N–H and O–H groups in total. The maximum atomic E-state index is 10.7. The summed E-state index contributed by atoms with van der Waals surface area (Å²) in [6, 6.07) is 14.8. The fraction of sp³-hybridized carbons (Fsp3) is 0.158. The maximum Gasteiger partial charge on any atom is 0.269 e. The molecule has 0 atom stereocenters. The fourth-order valence-corrected chi connectivity index (χ4v) is 3.96. The number of benzene rings is 2. The molecule has 2 aromatic carbocycles. The average Bonchev–Trinajstić information content (AvgIpc) is 2.96. The van der Waals surface area contributed by atoms with Crippen molar-refractivity contribution in [2.45, 2.75) is 19.3 Å². The summed E-state index contributed by atoms with van der Waals surface area (Å²) in [6.07, 6.45) is 4.93. The Balaban J connectivity index is 1.63. The Morgan fingerprint density at radius 2 is 1.92 bits per heavy atom. The lowest BCUT2D eigenvalue weighted by Gasteiger charge is -2.03. The zero-order valence-corrected chi connectivity index (χ0v) is 14.2. The first-order valence-electron chi connectivity index (χ1n) is 8.07. The molecule has 0 saturated carbocycles. The predicted octanol–water partition coefficient (Wildman–Crippen LogP) is 4.96. The number of nitro benzene ring substituents is 1. The van der Waals surface area contributed by atoms with Gasteiger partial charge in [0.1, 0.15) is 0 Å². The first-order valence-corrected chi connectivity index (χ1v) is 8.89. The zero-order valence-electron chi connectivity index (χ0n) is 13.4. The molecule has 0 radical (unpaired) electrons. The van der Waals surface area contributed by atoms with E-state index in [0.717, 1.165) is 35.7 Å². The third-order valence-electron chi connectivity index (χ3n) is 4.24. The Labute approximate surface area is 148 Å². The van der Waals surface area contributed by atoms with Gasteiger partial charge in [-0.3, -0.25) is 10.1 Å². The topological polar surface area (TPSA) is 68.4 Å². The molecule has 0 bridgehead atoms. The molecule has 5 nitrogen and oxygen atoms in total. The van der Waals surface area contributed by atoms with E-state index in [1.54, 1.807) is 29.7 Å². The number of aryl methyl sites for hydroxylation is 2. The number of fused-ring (bicyclic) bond motifs is 3. The predicted molar refractivity (Wildman–Crippen MR) is 99.9 cm³/mol. The van der Waals surface area contributed by atoms with Crippen molar-refractivity contribution in [1.29, 1.82) is 0 Å². The Morgan fingerprint density at radius 1 is 1.12 bits per heavy atom. The Morgan fingerprint density at radius 3 is 2.72 bits per heavy atom. The second kappa shape index (κ2) is 6.57. The van der Waals surface area contributed by atoms with Gasteiger partial charge in [-0.25, -0.2) is 9.98 Å². The van der Waals surface area contributed by atoms with Crippen molar-refractivity contribution in [3.63, 3.8) is 0 Å². The van der Waals surface area contributed by atoms with Crippen LogP contribution in [0.3, 0.4) is 0 Å². The van der Waals surface area contributed by atoms with Gasteiger partial charge in [0, 0.05) is 28.8 Å². The normalized spacial score (nSPS) is 13.3. The van der Waals surface area contributed by atoms with Crippen LogP contribution in [0.25, 0.3) is 11.3 Å². The summed E-state index contributed by atoms with van der Waals surface area (Å²) >= 11 is 1.62. The number of hydrogen-bond acceptors (Lipinski definition) is 5. The quantitative estimate of drug-likeness (QED) is 0.381. The highest BCUT2D eigenvalue weighted by molar-refractivity contribution is 7.15. The van der Waals surface area contributed by atoms with E-state index >= 15 is 0 Å². The highest BCUT2D eigenvalue weighted by Gasteiger charge is 2.18. The minimum atomic E-state index is -0.407. The fourth-order valence-electron chi connectivity index (χ4n) is 3.00. The van der Waals surface area contributed by atoms with E-state index in [4.69, 9.17) is 4.98 Å². The van der Waals surface area contributed by atoms with E-state index in [1.165, 1.54) is 28.1 Å². The molecule has 0 saturated heterocycles. The van der Waals surface area contributed by atoms with Crippen molar-refractivity contribution >= 4 is 28.4 Å². The van der Waals surface area contributed by atoms with E-state index in [-0.39, 0.29) is 5.69 Å². The summed E-state index contributed by atoms with van der Waals surface area (Å²) in [6.45, 7) is 0. The number of aromatic nitrogens is 1. The molecule has 1 heterocycles. The highest BCUT2D eigenvalue weighted by Crippen LogP contribution is 2.37. The SMILES string of the molecule is O=[N+]([O-])c1ccc(/C=N/c2nc3c(s2)CCCc2ccccc2-3)cc1. The minimum absolute atomic E-state index is 0.0784. The van der Waals surface area contributed by atoms with Gasteiger partial charge in [-0.1, -0.05) is 35.6 Å². The summed E-state index contributed by atoms with van der Waals surface area (Å²) in [7, 11) is 0. The van der Waals surface area contributed by atoms with Crippen molar-refractivity contribution in [3.05, 3.63) is 74.6 Å². The Kier molecular flexibility index (Phi) is 4.11. The molecule has 0 unspecified atom stereocenters. The van der Waals surface area contributed by atoms with Gasteiger partial charge in [0.25, 0.3) is 5.69 Å². The maximum absolute atomic E-state index is 10.7. The smallest absolute Gasteiger partial charge is 0.258 e. The van der Waals surface area contributed by atoms with Crippen LogP contribution in [0.2, 0.25) is 0 Å². The molecule has 6 heteroatoms. The number of hydrogen-bond donors (Lipinski definition) is 0. The monoisotopic (exact) mass is 349 g/mol. The van der Waals surface area contributed by atoms with Gasteiger partial charge < -0.3 is 0 Å². The highest BCUT2D eigenvalue weighted by atomic mass is 32.1. The molecule has 1 aliphatic rings. The number of nitrogens with zero attached hydrogens (tertiary/aromatic N) is 3. The van der Waals surface area contributed by atoms with E-state index < -0.39 is 4.92 Å². The van der Waals surface area contributed by atoms with Crippen LogP contribution in [0.15, 0.2) is 53.5 Å². The molecule has 0 spiro atoms. The van der Waals surface area contributed by atoms with Crippen molar-refractivity contribution < 1.29 is 4.92 Å². The van der Waals surface area contributed by atoms with Crippen molar-refractivity contribution in [3.8, 4) is 11.3 Å². The summed E-state index contributed by atoms with van der Waals surface area (Å²) in [5, 5.41) is 11.4. The lowest BCUT2D eigenvalue weighted by atomic mass is 10.0. The van der Waals surface area contributed by atoms with Gasteiger partial charge in [-0.2, -0.15) is 0 Å². The molecule has 4 rings (SSSR count). The van der Waals surface area contributed by atoms with Crippen molar-refractivity contribution in [2.24, 2.45) is 4.99 Å². The average molecular weight is 349 g/mol. The first-order chi connectivity index (χ1) is 12.2. The molecule has 3 aromatic rings. The number of nitro groups is 1. The molecular weight excluding hydrogens is 334 g/mol. The van der Waals surface area contributed by atoms with Crippen LogP contribution in [-0.4, -0.2) is 16.1 Å². The van der Waals surface area contributed by atoms with Gasteiger partial charge in [-0.15, -0.1) is 0 Å². The van der Waals surface area contributed by atoms with E-state index in [0.29, 0.717) is 0 Å². The zero-order chi connectivity index (χ0) is 17.2. The third-order valence-corrected chi connectivity index (χ3v) is 5.26. The third kappa shape index (κ3) is 3.21. The van der Waals surface area contributed by atoms with Gasteiger partial charge in [-0.05, 0) is 42.5 Å². The summed E-state index contributed by atoms with van der Waals surface area (Å²) in [4.78, 5) is 20.8. The summed E-state index contributed by atoms with van der Waals surface area (Å²) < 4.78 is 0. The van der Waals surface area contributed by atoms with E-state index in [2.05, 4.69) is 23.2 Å². The number of rotatable bonds is 3. The van der Waals surface area contributed by atoms with Gasteiger partial charge in [0.2, 0.25) is 5.13 Å². The largest absolute Gasteiger partial charge is 0.269 e. The number of aliphatic imine (C=N–C) groups is 1. The molecule has 124 valence electrons. The standard InChI is InChI=1S/C19H15N3O2S/c23-22(24)15-10-8-13(9-11-15)12-20-19-21-18-16-6-2-1-4-14(16)5-3-7-17(18)25-19/h1-2,4,6,8-12H,3,5,7H2/b20-12+. The van der Waals surface area contributed by atoms with Crippen LogP contribution in [0.1, 0.15) is 22.4 Å². The molecule has 1 aliphatic carbocycles. The molecule has 0 amide bonds. The molecule has 1 aromatic heterocycles. The van der Waals surface area contributed by atoms with Crippen LogP contribution in [0.4, 0.5) is 10.8 Å². The first kappa shape index (κ1) is 15.7.